The quantitative estimate of drug-likeness (QED) is 0.714. The van der Waals surface area contributed by atoms with Crippen LogP contribution >= 0.6 is 11.6 Å². The first-order valence-corrected chi connectivity index (χ1v) is 8.41. The van der Waals surface area contributed by atoms with Crippen molar-refractivity contribution in [1.29, 1.82) is 0 Å². The van der Waals surface area contributed by atoms with Crippen molar-refractivity contribution >= 4 is 28.7 Å². The van der Waals surface area contributed by atoms with Crippen molar-refractivity contribution in [3.05, 3.63) is 107 Å². The highest BCUT2D eigenvalue weighted by Crippen LogP contribution is 2.23. The summed E-state index contributed by atoms with van der Waals surface area (Å²) in [7, 11) is 0. The molecule has 0 spiro atoms. The smallest absolute Gasteiger partial charge is 0.0949 e. The Bertz CT molecular complexity index is 916. The van der Waals surface area contributed by atoms with E-state index in [2.05, 4.69) is 35.8 Å². The molecule has 4 rings (SSSR count). The van der Waals surface area contributed by atoms with Gasteiger partial charge in [0.2, 0.25) is 0 Å². The van der Waals surface area contributed by atoms with Gasteiger partial charge >= 0.3 is 0 Å². The largest absolute Gasteiger partial charge is 0.277 e. The minimum Gasteiger partial charge on any atom is -0.277 e. The number of halogens is 1. The number of nitrogens with one attached hydrogen (secondary N) is 1. The van der Waals surface area contributed by atoms with E-state index in [0.717, 1.165) is 28.2 Å². The first-order chi connectivity index (χ1) is 12.3. The second-order valence-electron chi connectivity index (χ2n) is 5.68. The van der Waals surface area contributed by atoms with Gasteiger partial charge in [-0.1, -0.05) is 72.3 Å². The number of rotatable bonds is 3. The van der Waals surface area contributed by atoms with Gasteiger partial charge in [-0.05, 0) is 35.9 Å². The zero-order valence-electron chi connectivity index (χ0n) is 13.4. The molecule has 0 saturated carbocycles. The summed E-state index contributed by atoms with van der Waals surface area (Å²) in [6, 6.07) is 28.0. The van der Waals surface area contributed by atoms with Crippen molar-refractivity contribution in [3.63, 3.8) is 0 Å². The first kappa shape index (κ1) is 15.5. The lowest BCUT2D eigenvalue weighted by atomic mass is 10.1. The molecule has 0 saturated heterocycles. The highest BCUT2D eigenvalue weighted by Gasteiger charge is 2.16. The maximum atomic E-state index is 6.01. The molecule has 0 aromatic heterocycles. The van der Waals surface area contributed by atoms with E-state index in [0.29, 0.717) is 5.02 Å². The van der Waals surface area contributed by atoms with Gasteiger partial charge < -0.3 is 0 Å². The Morgan fingerprint density at radius 3 is 1.96 bits per heavy atom. The molecule has 3 aromatic carbocycles. The van der Waals surface area contributed by atoms with Crippen LogP contribution in [-0.2, 0) is 0 Å². The van der Waals surface area contributed by atoms with Crippen LogP contribution in [-0.4, -0.2) is 5.71 Å². The van der Waals surface area contributed by atoms with E-state index in [4.69, 9.17) is 16.7 Å². The summed E-state index contributed by atoms with van der Waals surface area (Å²) in [4.78, 5) is 0. The SMILES string of the molecule is Clc1ccc(N2N=C(c3ccccc3)C=C(c3ccccc3)N2)cc1. The number of hydrogen-bond acceptors (Lipinski definition) is 3. The maximum absolute atomic E-state index is 6.01. The van der Waals surface area contributed by atoms with Crippen LogP contribution in [0.15, 0.2) is 96.1 Å². The number of benzene rings is 3. The molecule has 0 unspecified atom stereocenters. The molecule has 3 nitrogen and oxygen atoms in total. The number of hydrogen-bond donors (Lipinski definition) is 1. The van der Waals surface area contributed by atoms with Gasteiger partial charge in [0, 0.05) is 10.6 Å². The molecule has 0 bridgehead atoms. The zero-order valence-corrected chi connectivity index (χ0v) is 14.2. The zero-order chi connectivity index (χ0) is 17.1. The molecule has 1 aliphatic rings. The second-order valence-corrected chi connectivity index (χ2v) is 6.11. The lowest BCUT2D eigenvalue weighted by molar-refractivity contribution is 0.787. The van der Waals surface area contributed by atoms with Crippen molar-refractivity contribution in [2.24, 2.45) is 5.10 Å². The topological polar surface area (TPSA) is 27.6 Å². The van der Waals surface area contributed by atoms with Crippen LogP contribution in [0.2, 0.25) is 5.02 Å². The molecule has 1 aliphatic heterocycles. The molecule has 0 fully saturated rings. The number of allylic oxidation sites excluding steroid dienone is 1. The standard InChI is InChI=1S/C21H16ClN3/c22-18-11-13-19(14-12-18)25-23-20(16-7-3-1-4-8-16)15-21(24-25)17-9-5-2-6-10-17/h1-15,23H. The molecule has 122 valence electrons. The van der Waals surface area contributed by atoms with Crippen LogP contribution < -0.4 is 10.5 Å². The summed E-state index contributed by atoms with van der Waals surface area (Å²) in [5, 5.41) is 7.23. The van der Waals surface area contributed by atoms with Gasteiger partial charge in [0.1, 0.15) is 0 Å². The molecule has 4 heteroatoms. The third-order valence-corrected chi connectivity index (χ3v) is 4.19. The van der Waals surface area contributed by atoms with E-state index in [1.807, 2.05) is 60.7 Å². The Hall–Kier alpha value is -3.04. The van der Waals surface area contributed by atoms with Gasteiger partial charge in [-0.25, -0.2) is 0 Å². The van der Waals surface area contributed by atoms with Gasteiger partial charge in [-0.15, -0.1) is 0 Å². The molecule has 1 heterocycles. The predicted molar refractivity (Wildman–Crippen MR) is 104 cm³/mol. The lowest BCUT2D eigenvalue weighted by Gasteiger charge is -2.27. The van der Waals surface area contributed by atoms with Gasteiger partial charge in [0.05, 0.1) is 17.1 Å². The third-order valence-electron chi connectivity index (χ3n) is 3.94. The third kappa shape index (κ3) is 3.42. The second kappa shape index (κ2) is 6.83. The van der Waals surface area contributed by atoms with Crippen LogP contribution in [0.4, 0.5) is 5.69 Å². The molecule has 0 atom stereocenters. The van der Waals surface area contributed by atoms with Crippen molar-refractivity contribution in [2.45, 2.75) is 0 Å². The summed E-state index contributed by atoms with van der Waals surface area (Å²) < 4.78 is 0. The first-order valence-electron chi connectivity index (χ1n) is 8.03. The Morgan fingerprint density at radius 2 is 1.32 bits per heavy atom. The maximum Gasteiger partial charge on any atom is 0.0949 e. The molecule has 0 radical (unpaired) electrons. The van der Waals surface area contributed by atoms with Crippen LogP contribution in [0.5, 0.6) is 0 Å². The van der Waals surface area contributed by atoms with Gasteiger partial charge in [-0.3, -0.25) is 5.43 Å². The van der Waals surface area contributed by atoms with Crippen LogP contribution in [0.3, 0.4) is 0 Å². The van der Waals surface area contributed by atoms with Crippen LogP contribution in [0.25, 0.3) is 5.70 Å². The summed E-state index contributed by atoms with van der Waals surface area (Å²) >= 11 is 6.01. The summed E-state index contributed by atoms with van der Waals surface area (Å²) in [6.45, 7) is 0. The molecule has 0 amide bonds. The van der Waals surface area contributed by atoms with E-state index >= 15 is 0 Å². The van der Waals surface area contributed by atoms with Crippen molar-refractivity contribution in [3.8, 4) is 0 Å². The Labute approximate surface area is 151 Å². The summed E-state index contributed by atoms with van der Waals surface area (Å²) in [5.74, 6) is 0. The van der Waals surface area contributed by atoms with E-state index in [-0.39, 0.29) is 0 Å². The van der Waals surface area contributed by atoms with E-state index in [1.165, 1.54) is 0 Å². The van der Waals surface area contributed by atoms with Gasteiger partial charge in [0.25, 0.3) is 0 Å². The van der Waals surface area contributed by atoms with E-state index in [1.54, 1.807) is 5.12 Å². The van der Waals surface area contributed by atoms with Gasteiger partial charge in [-0.2, -0.15) is 10.2 Å². The fourth-order valence-corrected chi connectivity index (χ4v) is 2.79. The number of hydrazine groups is 1. The Balaban J connectivity index is 1.78. The summed E-state index contributed by atoms with van der Waals surface area (Å²) in [6.07, 6.45) is 2.07. The molecular weight excluding hydrogens is 330 g/mol. The minimum atomic E-state index is 0.701. The average molecular weight is 346 g/mol. The number of hydrazone groups is 1. The van der Waals surface area contributed by atoms with E-state index in [9.17, 15) is 0 Å². The normalized spacial score (nSPS) is 13.7. The average Bonchev–Trinajstić information content (AvgIpc) is 2.69. The van der Waals surface area contributed by atoms with E-state index < -0.39 is 0 Å². The predicted octanol–water partition coefficient (Wildman–Crippen LogP) is 5.11. The Morgan fingerprint density at radius 1 is 0.720 bits per heavy atom. The monoisotopic (exact) mass is 345 g/mol. The molecule has 25 heavy (non-hydrogen) atoms. The highest BCUT2D eigenvalue weighted by molar-refractivity contribution is 6.30. The fraction of sp³-hybridized carbons (Fsp3) is 0. The summed E-state index contributed by atoms with van der Waals surface area (Å²) in [5.41, 5.74) is 8.34. The van der Waals surface area contributed by atoms with Gasteiger partial charge in [0.15, 0.2) is 0 Å². The van der Waals surface area contributed by atoms with Crippen LogP contribution in [0.1, 0.15) is 11.1 Å². The Kier molecular flexibility index (Phi) is 4.23. The van der Waals surface area contributed by atoms with Crippen molar-refractivity contribution in [1.82, 2.24) is 5.43 Å². The van der Waals surface area contributed by atoms with Crippen molar-refractivity contribution < 1.29 is 0 Å². The molecule has 0 aliphatic carbocycles. The number of nitrogens with zero attached hydrogens (tertiary/aromatic N) is 2. The number of anilines is 1. The lowest BCUT2D eigenvalue weighted by Crippen LogP contribution is -2.36. The highest BCUT2D eigenvalue weighted by atomic mass is 35.5. The van der Waals surface area contributed by atoms with Crippen molar-refractivity contribution in [2.75, 3.05) is 5.12 Å². The fourth-order valence-electron chi connectivity index (χ4n) is 2.66. The minimum absolute atomic E-state index is 0.701. The van der Waals surface area contributed by atoms with Crippen LogP contribution in [0, 0.1) is 0 Å². The molecular formula is C21H16ClN3. The molecule has 3 aromatic rings. The molecule has 1 N–H and O–H groups in total.